The van der Waals surface area contributed by atoms with Crippen molar-refractivity contribution in [2.24, 2.45) is 5.41 Å². The Hall–Kier alpha value is -0.450. The zero-order valence-electron chi connectivity index (χ0n) is 18.2. The van der Waals surface area contributed by atoms with Crippen molar-refractivity contribution in [1.82, 2.24) is 0 Å². The van der Waals surface area contributed by atoms with E-state index in [0.29, 0.717) is 8.84 Å². The van der Waals surface area contributed by atoms with E-state index in [-0.39, 0.29) is 11.5 Å². The summed E-state index contributed by atoms with van der Waals surface area (Å²) in [4.78, 5) is 0. The molecule has 2 nitrogen and oxygen atoms in total. The number of hydrogen-bond donors (Lipinski definition) is 2. The number of benzene rings is 1. The van der Waals surface area contributed by atoms with Gasteiger partial charge in [-0.25, -0.2) is 0 Å². The van der Waals surface area contributed by atoms with Crippen molar-refractivity contribution in [2.75, 3.05) is 0 Å². The van der Waals surface area contributed by atoms with Crippen LogP contribution in [-0.2, 0) is 12.8 Å². The smallest absolute Gasteiger partial charge is 0.160 e. The standard InChI is InChI=1S/C24H41IO2/c1-6-23(2,3)17-11-7-9-13-19-15-16-20(22(27)21(19)26)14-10-8-12-18-24(4,5)25/h15-16,26-27H,6-14,17-18H2,1-5H3. The monoisotopic (exact) mass is 488 g/mol. The molecule has 0 spiro atoms. The van der Waals surface area contributed by atoms with Crippen LogP contribution in [0.2, 0.25) is 0 Å². The Morgan fingerprint density at radius 2 is 1.19 bits per heavy atom. The molecule has 3 heteroatoms. The van der Waals surface area contributed by atoms with Gasteiger partial charge in [-0.2, -0.15) is 0 Å². The quantitative estimate of drug-likeness (QED) is 0.128. The van der Waals surface area contributed by atoms with Gasteiger partial charge in [0, 0.05) is 3.42 Å². The van der Waals surface area contributed by atoms with Gasteiger partial charge in [0.15, 0.2) is 11.5 Å². The molecular weight excluding hydrogens is 447 g/mol. The molecule has 0 aromatic heterocycles. The van der Waals surface area contributed by atoms with Crippen LogP contribution in [0, 0.1) is 5.41 Å². The summed E-state index contributed by atoms with van der Waals surface area (Å²) in [7, 11) is 0. The third-order valence-corrected chi connectivity index (χ3v) is 6.33. The number of unbranched alkanes of at least 4 members (excludes halogenated alkanes) is 4. The molecule has 156 valence electrons. The van der Waals surface area contributed by atoms with Crippen molar-refractivity contribution >= 4 is 22.6 Å². The lowest BCUT2D eigenvalue weighted by molar-refractivity contribution is 0.308. The SMILES string of the molecule is CCC(C)(C)CCCCCc1ccc(CCCCCC(C)(C)I)c(O)c1O. The molecule has 0 aliphatic heterocycles. The molecule has 1 rings (SSSR count). The number of aromatic hydroxyl groups is 2. The van der Waals surface area contributed by atoms with Crippen molar-refractivity contribution in [3.8, 4) is 11.5 Å². The lowest BCUT2D eigenvalue weighted by Gasteiger charge is -2.22. The molecule has 0 radical (unpaired) electrons. The number of halogens is 1. The van der Waals surface area contributed by atoms with Crippen LogP contribution in [0.1, 0.15) is 104 Å². The second-order valence-corrected chi connectivity index (χ2v) is 12.4. The summed E-state index contributed by atoms with van der Waals surface area (Å²) in [6.45, 7) is 11.4. The van der Waals surface area contributed by atoms with Crippen molar-refractivity contribution in [2.45, 2.75) is 109 Å². The second kappa shape index (κ2) is 11.5. The van der Waals surface area contributed by atoms with Gasteiger partial charge in [0.25, 0.3) is 0 Å². The first-order valence-electron chi connectivity index (χ1n) is 10.8. The van der Waals surface area contributed by atoms with Gasteiger partial charge in [0.1, 0.15) is 0 Å². The van der Waals surface area contributed by atoms with E-state index in [4.69, 9.17) is 0 Å². The zero-order chi connectivity index (χ0) is 20.5. The molecule has 0 amide bonds. The minimum Gasteiger partial charge on any atom is -0.504 e. The molecule has 0 atom stereocenters. The molecule has 0 bridgehead atoms. The highest BCUT2D eigenvalue weighted by atomic mass is 127. The summed E-state index contributed by atoms with van der Waals surface area (Å²) in [5.41, 5.74) is 2.21. The maximum atomic E-state index is 10.4. The first-order chi connectivity index (χ1) is 12.6. The maximum Gasteiger partial charge on any atom is 0.160 e. The average Bonchev–Trinajstić information content (AvgIpc) is 2.58. The third kappa shape index (κ3) is 10.0. The second-order valence-electron chi connectivity index (χ2n) is 9.44. The van der Waals surface area contributed by atoms with Crippen LogP contribution in [0.3, 0.4) is 0 Å². The Morgan fingerprint density at radius 1 is 0.741 bits per heavy atom. The van der Waals surface area contributed by atoms with Crippen molar-refractivity contribution in [3.63, 3.8) is 0 Å². The minimum atomic E-state index is 0.105. The Labute approximate surface area is 181 Å². The summed E-state index contributed by atoms with van der Waals surface area (Å²) in [6, 6.07) is 4.02. The molecule has 0 heterocycles. The lowest BCUT2D eigenvalue weighted by atomic mass is 9.84. The van der Waals surface area contributed by atoms with E-state index >= 15 is 0 Å². The molecule has 0 unspecified atom stereocenters. The van der Waals surface area contributed by atoms with Crippen LogP contribution >= 0.6 is 22.6 Å². The molecule has 27 heavy (non-hydrogen) atoms. The van der Waals surface area contributed by atoms with E-state index in [1.807, 2.05) is 12.1 Å². The van der Waals surface area contributed by atoms with Crippen molar-refractivity contribution in [1.29, 1.82) is 0 Å². The van der Waals surface area contributed by atoms with Crippen LogP contribution in [0.5, 0.6) is 11.5 Å². The number of phenolic OH excluding ortho intramolecular Hbond substituents is 2. The fourth-order valence-corrected chi connectivity index (χ4v) is 3.76. The van der Waals surface area contributed by atoms with Gasteiger partial charge >= 0.3 is 0 Å². The molecule has 0 aliphatic rings. The Bertz CT molecular complexity index is 558. The van der Waals surface area contributed by atoms with Gasteiger partial charge in [-0.3, -0.25) is 0 Å². The summed E-state index contributed by atoms with van der Waals surface area (Å²) in [5, 5.41) is 20.7. The number of aryl methyl sites for hydroxylation is 2. The van der Waals surface area contributed by atoms with Gasteiger partial charge in [-0.05, 0) is 55.1 Å². The highest BCUT2D eigenvalue weighted by Gasteiger charge is 2.15. The number of hydrogen-bond acceptors (Lipinski definition) is 2. The van der Waals surface area contributed by atoms with Crippen LogP contribution < -0.4 is 0 Å². The van der Waals surface area contributed by atoms with E-state index in [1.165, 1.54) is 44.9 Å². The molecule has 0 saturated heterocycles. The molecule has 0 saturated carbocycles. The number of alkyl halides is 1. The molecule has 1 aromatic carbocycles. The van der Waals surface area contributed by atoms with E-state index < -0.39 is 0 Å². The predicted octanol–water partition coefficient (Wildman–Crippen LogP) is 7.95. The first kappa shape index (κ1) is 24.6. The van der Waals surface area contributed by atoms with Crippen LogP contribution in [0.4, 0.5) is 0 Å². The highest BCUT2D eigenvalue weighted by Crippen LogP contribution is 2.35. The molecule has 0 aliphatic carbocycles. The van der Waals surface area contributed by atoms with Gasteiger partial charge in [0.05, 0.1) is 0 Å². The lowest BCUT2D eigenvalue weighted by Crippen LogP contribution is -2.08. The van der Waals surface area contributed by atoms with Crippen LogP contribution in [-0.4, -0.2) is 13.6 Å². The van der Waals surface area contributed by atoms with E-state index in [2.05, 4.69) is 57.2 Å². The first-order valence-corrected chi connectivity index (χ1v) is 11.9. The summed E-state index contributed by atoms with van der Waals surface area (Å²) >= 11 is 2.50. The predicted molar refractivity (Wildman–Crippen MR) is 126 cm³/mol. The topological polar surface area (TPSA) is 40.5 Å². The van der Waals surface area contributed by atoms with Gasteiger partial charge in [-0.15, -0.1) is 0 Å². The summed E-state index contributed by atoms with van der Waals surface area (Å²) in [5.74, 6) is 0.212. The fourth-order valence-electron chi connectivity index (χ4n) is 3.38. The highest BCUT2D eigenvalue weighted by molar-refractivity contribution is 14.1. The fraction of sp³-hybridized carbons (Fsp3) is 0.750. The largest absolute Gasteiger partial charge is 0.504 e. The van der Waals surface area contributed by atoms with E-state index in [1.54, 1.807) is 0 Å². The minimum absolute atomic E-state index is 0.105. The Balaban J connectivity index is 2.39. The van der Waals surface area contributed by atoms with E-state index in [0.717, 1.165) is 36.8 Å². The molecular formula is C24H41IO2. The molecule has 1 aromatic rings. The van der Waals surface area contributed by atoms with Crippen LogP contribution in [0.15, 0.2) is 12.1 Å². The van der Waals surface area contributed by atoms with Crippen molar-refractivity contribution in [3.05, 3.63) is 23.3 Å². The van der Waals surface area contributed by atoms with Crippen LogP contribution in [0.25, 0.3) is 0 Å². The number of phenols is 2. The summed E-state index contributed by atoms with van der Waals surface area (Å²) < 4.78 is 0.367. The van der Waals surface area contributed by atoms with Crippen molar-refractivity contribution < 1.29 is 10.2 Å². The molecule has 0 fully saturated rings. The Morgan fingerprint density at radius 3 is 1.59 bits per heavy atom. The third-order valence-electron chi connectivity index (χ3n) is 5.79. The maximum absolute atomic E-state index is 10.4. The average molecular weight is 488 g/mol. The van der Waals surface area contributed by atoms with Gasteiger partial charge in [0.2, 0.25) is 0 Å². The van der Waals surface area contributed by atoms with Gasteiger partial charge in [-0.1, -0.05) is 101 Å². The van der Waals surface area contributed by atoms with Gasteiger partial charge < -0.3 is 10.2 Å². The van der Waals surface area contributed by atoms with E-state index in [9.17, 15) is 10.2 Å². The molecule has 2 N–H and O–H groups in total. The Kier molecular flexibility index (Phi) is 10.5. The normalized spacial score (nSPS) is 12.5. The zero-order valence-corrected chi connectivity index (χ0v) is 20.4. The number of rotatable bonds is 13. The summed E-state index contributed by atoms with van der Waals surface area (Å²) in [6.07, 6.45) is 12.3.